The fourth-order valence-electron chi connectivity index (χ4n) is 3.54. The van der Waals surface area contributed by atoms with E-state index in [2.05, 4.69) is 15.0 Å². The van der Waals surface area contributed by atoms with Crippen LogP contribution in [0, 0.1) is 0 Å². The SMILES string of the molecule is Clc1ccc2nc(N3C[C@@H]4OCC(n5cccn5)CO[C@H]4C3)cnc2c1. The zero-order valence-corrected chi connectivity index (χ0v) is 14.8. The highest BCUT2D eigenvalue weighted by atomic mass is 35.5. The molecule has 2 fully saturated rings. The summed E-state index contributed by atoms with van der Waals surface area (Å²) in [6.07, 6.45) is 5.56. The Hall–Kier alpha value is -2.22. The average molecular weight is 372 g/mol. The van der Waals surface area contributed by atoms with Crippen molar-refractivity contribution < 1.29 is 9.47 Å². The van der Waals surface area contributed by atoms with Crippen molar-refractivity contribution in [1.29, 1.82) is 0 Å². The standard InChI is InChI=1S/C18H18ClN5O2/c19-12-2-3-14-15(6-12)20-7-18(22-14)23-8-16-17(9-23)26-11-13(10-25-16)24-5-1-4-21-24/h1-7,13,16-17H,8-11H2/t16-,17-/m0/s1. The first-order chi connectivity index (χ1) is 12.8. The molecule has 2 atom stereocenters. The fourth-order valence-corrected chi connectivity index (χ4v) is 3.71. The molecule has 2 aliphatic rings. The van der Waals surface area contributed by atoms with E-state index in [0.29, 0.717) is 18.2 Å². The quantitative estimate of drug-likeness (QED) is 0.689. The lowest BCUT2D eigenvalue weighted by Crippen LogP contribution is -2.27. The maximum Gasteiger partial charge on any atom is 0.148 e. The van der Waals surface area contributed by atoms with Crippen molar-refractivity contribution in [2.45, 2.75) is 18.2 Å². The van der Waals surface area contributed by atoms with Crippen molar-refractivity contribution in [3.63, 3.8) is 0 Å². The maximum atomic E-state index is 6.13. The van der Waals surface area contributed by atoms with Gasteiger partial charge in [0.2, 0.25) is 0 Å². The highest BCUT2D eigenvalue weighted by molar-refractivity contribution is 6.31. The van der Waals surface area contributed by atoms with Crippen LogP contribution in [-0.4, -0.2) is 58.3 Å². The minimum atomic E-state index is 0.0262. The van der Waals surface area contributed by atoms with Crippen molar-refractivity contribution >= 4 is 28.5 Å². The van der Waals surface area contributed by atoms with Gasteiger partial charge in [-0.15, -0.1) is 0 Å². The lowest BCUT2D eigenvalue weighted by atomic mass is 10.3. The lowest BCUT2D eigenvalue weighted by Gasteiger charge is -2.19. The van der Waals surface area contributed by atoms with E-state index in [1.807, 2.05) is 35.1 Å². The molecule has 2 aliphatic heterocycles. The molecule has 4 heterocycles. The molecule has 5 rings (SSSR count). The molecule has 0 aliphatic carbocycles. The maximum absolute atomic E-state index is 6.13. The Kier molecular flexibility index (Phi) is 4.00. The Morgan fingerprint density at radius 1 is 1.08 bits per heavy atom. The van der Waals surface area contributed by atoms with Gasteiger partial charge in [0, 0.05) is 30.5 Å². The van der Waals surface area contributed by atoms with Gasteiger partial charge < -0.3 is 14.4 Å². The number of anilines is 1. The van der Waals surface area contributed by atoms with Crippen LogP contribution in [-0.2, 0) is 9.47 Å². The van der Waals surface area contributed by atoms with Crippen molar-refractivity contribution in [3.05, 3.63) is 47.9 Å². The van der Waals surface area contributed by atoms with Crippen molar-refractivity contribution in [2.75, 3.05) is 31.2 Å². The number of halogens is 1. The van der Waals surface area contributed by atoms with Gasteiger partial charge in [-0.25, -0.2) is 4.98 Å². The van der Waals surface area contributed by atoms with Gasteiger partial charge in [-0.1, -0.05) is 11.6 Å². The van der Waals surface area contributed by atoms with Crippen LogP contribution in [0.1, 0.15) is 6.04 Å². The largest absolute Gasteiger partial charge is 0.371 e. The summed E-state index contributed by atoms with van der Waals surface area (Å²) < 4.78 is 14.2. The van der Waals surface area contributed by atoms with E-state index in [1.165, 1.54) is 0 Å². The number of aromatic nitrogens is 4. The molecule has 1 aromatic carbocycles. The van der Waals surface area contributed by atoms with Gasteiger partial charge in [0.25, 0.3) is 0 Å². The number of rotatable bonds is 2. The monoisotopic (exact) mass is 371 g/mol. The minimum Gasteiger partial charge on any atom is -0.371 e. The fraction of sp³-hybridized carbons (Fsp3) is 0.389. The molecule has 8 heteroatoms. The molecule has 0 spiro atoms. The highest BCUT2D eigenvalue weighted by Gasteiger charge is 2.38. The molecule has 0 unspecified atom stereocenters. The third-order valence-electron chi connectivity index (χ3n) is 4.94. The van der Waals surface area contributed by atoms with Gasteiger partial charge in [-0.3, -0.25) is 9.67 Å². The molecule has 7 nitrogen and oxygen atoms in total. The van der Waals surface area contributed by atoms with E-state index in [1.54, 1.807) is 12.4 Å². The molecule has 26 heavy (non-hydrogen) atoms. The molecule has 0 N–H and O–H groups in total. The number of ether oxygens (including phenoxy) is 2. The Balaban J connectivity index is 1.31. The van der Waals surface area contributed by atoms with Crippen LogP contribution < -0.4 is 4.90 Å². The van der Waals surface area contributed by atoms with Crippen LogP contribution in [0.5, 0.6) is 0 Å². The summed E-state index contributed by atoms with van der Waals surface area (Å²) >= 11 is 6.02. The van der Waals surface area contributed by atoms with Gasteiger partial charge in [0.1, 0.15) is 18.0 Å². The number of benzene rings is 1. The molecular formula is C18H18ClN5O2. The van der Waals surface area contributed by atoms with Gasteiger partial charge in [0.15, 0.2) is 0 Å². The van der Waals surface area contributed by atoms with Gasteiger partial charge in [-0.05, 0) is 24.3 Å². The van der Waals surface area contributed by atoms with Crippen LogP contribution in [0.2, 0.25) is 5.02 Å². The van der Waals surface area contributed by atoms with Crippen LogP contribution in [0.4, 0.5) is 5.82 Å². The van der Waals surface area contributed by atoms with Crippen LogP contribution in [0.3, 0.4) is 0 Å². The Morgan fingerprint density at radius 2 is 1.88 bits per heavy atom. The van der Waals surface area contributed by atoms with E-state index >= 15 is 0 Å². The normalized spacial score (nSPS) is 24.0. The zero-order chi connectivity index (χ0) is 17.5. The third kappa shape index (κ3) is 2.92. The first-order valence-corrected chi connectivity index (χ1v) is 9.04. The molecule has 0 saturated carbocycles. The second-order valence-electron chi connectivity index (χ2n) is 6.65. The van der Waals surface area contributed by atoms with Crippen LogP contribution in [0.25, 0.3) is 11.0 Å². The Labute approximate surface area is 155 Å². The van der Waals surface area contributed by atoms with Crippen molar-refractivity contribution in [1.82, 2.24) is 19.7 Å². The molecular weight excluding hydrogens is 354 g/mol. The lowest BCUT2D eigenvalue weighted by molar-refractivity contribution is -0.00461. The summed E-state index contributed by atoms with van der Waals surface area (Å²) in [4.78, 5) is 11.4. The van der Waals surface area contributed by atoms with Crippen LogP contribution in [0.15, 0.2) is 42.9 Å². The summed E-state index contributed by atoms with van der Waals surface area (Å²) in [6, 6.07) is 7.58. The van der Waals surface area contributed by atoms with Crippen LogP contribution >= 0.6 is 11.6 Å². The molecule has 0 amide bonds. The van der Waals surface area contributed by atoms with E-state index in [9.17, 15) is 0 Å². The number of nitrogens with zero attached hydrogens (tertiary/aromatic N) is 5. The number of hydrogen-bond acceptors (Lipinski definition) is 6. The number of fused-ring (bicyclic) bond motifs is 2. The first-order valence-electron chi connectivity index (χ1n) is 8.66. The minimum absolute atomic E-state index is 0.0262. The molecule has 2 aromatic heterocycles. The molecule has 3 aromatic rings. The number of hydrogen-bond donors (Lipinski definition) is 0. The summed E-state index contributed by atoms with van der Waals surface area (Å²) in [7, 11) is 0. The van der Waals surface area contributed by atoms with E-state index in [4.69, 9.17) is 26.1 Å². The summed E-state index contributed by atoms with van der Waals surface area (Å²) in [5.41, 5.74) is 1.63. The second kappa shape index (κ2) is 6.50. The molecule has 2 saturated heterocycles. The van der Waals surface area contributed by atoms with Gasteiger partial charge in [-0.2, -0.15) is 5.10 Å². The van der Waals surface area contributed by atoms with Crippen molar-refractivity contribution in [3.8, 4) is 0 Å². The average Bonchev–Trinajstić information content (AvgIpc) is 3.29. The Morgan fingerprint density at radius 3 is 2.62 bits per heavy atom. The zero-order valence-electron chi connectivity index (χ0n) is 14.0. The van der Waals surface area contributed by atoms with E-state index < -0.39 is 0 Å². The third-order valence-corrected chi connectivity index (χ3v) is 5.17. The van der Waals surface area contributed by atoms with Gasteiger partial charge in [0.05, 0.1) is 36.5 Å². The Bertz CT molecular complexity index is 903. The molecule has 134 valence electrons. The first kappa shape index (κ1) is 16.0. The van der Waals surface area contributed by atoms with Gasteiger partial charge >= 0.3 is 0 Å². The smallest absolute Gasteiger partial charge is 0.148 e. The highest BCUT2D eigenvalue weighted by Crippen LogP contribution is 2.27. The summed E-state index contributed by atoms with van der Waals surface area (Å²) in [5, 5.41) is 4.96. The predicted molar refractivity (Wildman–Crippen MR) is 97.5 cm³/mol. The van der Waals surface area contributed by atoms with E-state index in [-0.39, 0.29) is 18.2 Å². The predicted octanol–water partition coefficient (Wildman–Crippen LogP) is 2.33. The second-order valence-corrected chi connectivity index (χ2v) is 7.09. The summed E-state index contributed by atoms with van der Waals surface area (Å²) in [6.45, 7) is 2.67. The topological polar surface area (TPSA) is 65.3 Å². The molecule has 0 bridgehead atoms. The summed E-state index contributed by atoms with van der Waals surface area (Å²) in [5.74, 6) is 0.837. The molecule has 0 radical (unpaired) electrons. The van der Waals surface area contributed by atoms with E-state index in [0.717, 1.165) is 29.9 Å². The van der Waals surface area contributed by atoms with Crippen molar-refractivity contribution in [2.24, 2.45) is 0 Å².